The number of hydrogen-bond acceptors (Lipinski definition) is 5. The average Bonchev–Trinajstić information content (AvgIpc) is 2.81. The van der Waals surface area contributed by atoms with E-state index in [-0.39, 0.29) is 24.7 Å². The minimum absolute atomic E-state index is 0.149. The molecule has 2 aliphatic heterocycles. The quantitative estimate of drug-likeness (QED) is 0.456. The Bertz CT molecular complexity index is 419. The highest BCUT2D eigenvalue weighted by Gasteiger charge is 2.53. The second-order valence-corrected chi connectivity index (χ2v) is 5.66. The number of fused-ring (bicyclic) bond motifs is 1. The van der Waals surface area contributed by atoms with Gasteiger partial charge in [0.2, 0.25) is 5.91 Å². The first kappa shape index (κ1) is 19.4. The van der Waals surface area contributed by atoms with E-state index >= 15 is 0 Å². The van der Waals surface area contributed by atoms with Gasteiger partial charge in [-0.25, -0.2) is 4.79 Å². The van der Waals surface area contributed by atoms with Gasteiger partial charge in [0.25, 0.3) is 0 Å². The van der Waals surface area contributed by atoms with E-state index in [4.69, 9.17) is 20.7 Å². The van der Waals surface area contributed by atoms with Crippen LogP contribution in [0, 0.1) is 0 Å². The molecule has 0 unspecified atom stereocenters. The van der Waals surface area contributed by atoms with E-state index in [2.05, 4.69) is 6.92 Å². The molecule has 0 bridgehead atoms. The SMILES string of the molecule is CCCCCCCCN.O=C(O)[C@H]1/C(=C/CO)O[C@@H]2CC(=O)N21. The van der Waals surface area contributed by atoms with Gasteiger partial charge in [-0.3, -0.25) is 9.69 Å². The molecule has 7 heteroatoms. The van der Waals surface area contributed by atoms with Crippen LogP contribution in [0.1, 0.15) is 51.9 Å². The van der Waals surface area contributed by atoms with Gasteiger partial charge in [-0.15, -0.1) is 0 Å². The lowest BCUT2D eigenvalue weighted by atomic mass is 10.1. The molecule has 0 spiro atoms. The number of carbonyl (C=O) groups excluding carboxylic acids is 1. The molecule has 2 saturated heterocycles. The molecular weight excluding hydrogens is 300 g/mol. The third-order valence-electron chi connectivity index (χ3n) is 3.85. The van der Waals surface area contributed by atoms with Gasteiger partial charge in [-0.2, -0.15) is 0 Å². The zero-order valence-corrected chi connectivity index (χ0v) is 13.7. The van der Waals surface area contributed by atoms with Crippen LogP contribution in [0.2, 0.25) is 0 Å². The number of carboxylic acids is 1. The van der Waals surface area contributed by atoms with Gasteiger partial charge in [-0.05, 0) is 19.0 Å². The molecule has 0 aromatic carbocycles. The summed E-state index contributed by atoms with van der Waals surface area (Å²) in [4.78, 5) is 23.1. The molecule has 0 radical (unpaired) electrons. The summed E-state index contributed by atoms with van der Waals surface area (Å²) in [5.41, 5.74) is 5.34. The van der Waals surface area contributed by atoms with Gasteiger partial charge in [0.1, 0.15) is 5.76 Å². The molecule has 2 heterocycles. The van der Waals surface area contributed by atoms with Gasteiger partial charge in [-0.1, -0.05) is 39.0 Å². The predicted molar refractivity (Wildman–Crippen MR) is 85.4 cm³/mol. The summed E-state index contributed by atoms with van der Waals surface area (Å²) in [6.45, 7) is 2.81. The molecule has 0 aliphatic carbocycles. The van der Waals surface area contributed by atoms with Gasteiger partial charge in [0.05, 0.1) is 13.0 Å². The molecule has 2 fully saturated rings. The van der Waals surface area contributed by atoms with Crippen molar-refractivity contribution in [1.29, 1.82) is 0 Å². The zero-order valence-electron chi connectivity index (χ0n) is 13.7. The Morgan fingerprint density at radius 2 is 2.00 bits per heavy atom. The monoisotopic (exact) mass is 328 g/mol. The lowest BCUT2D eigenvalue weighted by Gasteiger charge is -2.33. The summed E-state index contributed by atoms with van der Waals surface area (Å²) in [5.74, 6) is -1.22. The van der Waals surface area contributed by atoms with Gasteiger partial charge in [0, 0.05) is 0 Å². The fourth-order valence-electron chi connectivity index (χ4n) is 2.58. The van der Waals surface area contributed by atoms with Crippen molar-refractivity contribution in [1.82, 2.24) is 4.90 Å². The number of carboxylic acid groups (broad SMARTS) is 1. The molecule has 4 N–H and O–H groups in total. The Morgan fingerprint density at radius 1 is 1.35 bits per heavy atom. The first-order chi connectivity index (χ1) is 11.1. The van der Waals surface area contributed by atoms with Crippen LogP contribution in [0.25, 0.3) is 0 Å². The molecule has 7 nitrogen and oxygen atoms in total. The van der Waals surface area contributed by atoms with Crippen LogP contribution in [0.15, 0.2) is 11.8 Å². The molecule has 1 amide bonds. The van der Waals surface area contributed by atoms with Crippen LogP contribution in [0.4, 0.5) is 0 Å². The van der Waals surface area contributed by atoms with Gasteiger partial charge >= 0.3 is 5.97 Å². The highest BCUT2D eigenvalue weighted by atomic mass is 16.5. The van der Waals surface area contributed by atoms with E-state index in [1.807, 2.05) is 0 Å². The number of unbranched alkanes of at least 4 members (excludes halogenated alkanes) is 5. The first-order valence-electron chi connectivity index (χ1n) is 8.28. The van der Waals surface area contributed by atoms with E-state index < -0.39 is 18.2 Å². The van der Waals surface area contributed by atoms with Crippen LogP contribution in [0.3, 0.4) is 0 Å². The molecular formula is C16H28N2O5. The molecule has 0 saturated carbocycles. The van der Waals surface area contributed by atoms with Crippen molar-refractivity contribution in [3.05, 3.63) is 11.8 Å². The standard InChI is InChI=1S/C8H9NO5.C8H19N/c10-2-1-4-7(8(12)13)9-5(11)3-6(9)14-4;1-2-3-4-5-6-7-8-9/h1,6-7,10H,2-3H2,(H,12,13);2-9H2,1H3/b4-1-;/t6-,7-;/m1./s1. The van der Waals surface area contributed by atoms with Crippen molar-refractivity contribution >= 4 is 11.9 Å². The van der Waals surface area contributed by atoms with Crippen LogP contribution in [-0.4, -0.2) is 52.4 Å². The van der Waals surface area contributed by atoms with E-state index in [0.29, 0.717) is 0 Å². The van der Waals surface area contributed by atoms with Crippen molar-refractivity contribution in [2.24, 2.45) is 5.73 Å². The number of ether oxygens (including phenoxy) is 1. The number of nitrogens with zero attached hydrogens (tertiary/aromatic N) is 1. The number of β-lactam (4-membered cyclic amide) rings is 1. The number of aliphatic hydroxyl groups is 1. The van der Waals surface area contributed by atoms with Crippen molar-refractivity contribution in [3.8, 4) is 0 Å². The van der Waals surface area contributed by atoms with Crippen LogP contribution < -0.4 is 5.73 Å². The third kappa shape index (κ3) is 5.51. The summed E-state index contributed by atoms with van der Waals surface area (Å²) in [5, 5.41) is 17.5. The number of aliphatic carboxylic acids is 1. The van der Waals surface area contributed by atoms with Crippen LogP contribution in [0.5, 0.6) is 0 Å². The Hall–Kier alpha value is -1.60. The third-order valence-corrected chi connectivity index (χ3v) is 3.85. The number of rotatable bonds is 8. The van der Waals surface area contributed by atoms with E-state index in [0.717, 1.165) is 6.54 Å². The largest absolute Gasteiger partial charge is 0.479 e. The summed E-state index contributed by atoms with van der Waals surface area (Å²) < 4.78 is 5.17. The second-order valence-electron chi connectivity index (χ2n) is 5.66. The maximum absolute atomic E-state index is 11.1. The zero-order chi connectivity index (χ0) is 17.2. The Morgan fingerprint density at radius 3 is 2.52 bits per heavy atom. The smallest absolute Gasteiger partial charge is 0.334 e. The number of hydrogen-bond donors (Lipinski definition) is 3. The van der Waals surface area contributed by atoms with Crippen molar-refractivity contribution in [2.75, 3.05) is 13.2 Å². The van der Waals surface area contributed by atoms with Crippen molar-refractivity contribution < 1.29 is 24.5 Å². The number of nitrogens with two attached hydrogens (primary N) is 1. The molecule has 23 heavy (non-hydrogen) atoms. The maximum Gasteiger partial charge on any atom is 0.334 e. The Labute approximate surface area is 137 Å². The lowest BCUT2D eigenvalue weighted by Crippen LogP contribution is -2.54. The number of amides is 1. The molecule has 0 aromatic rings. The predicted octanol–water partition coefficient (Wildman–Crippen LogP) is 1.21. The van der Waals surface area contributed by atoms with E-state index in [1.54, 1.807) is 0 Å². The number of carbonyl (C=O) groups is 2. The number of aliphatic hydroxyl groups excluding tert-OH is 1. The molecule has 132 valence electrons. The van der Waals surface area contributed by atoms with Gasteiger partial charge < -0.3 is 20.7 Å². The van der Waals surface area contributed by atoms with Crippen molar-refractivity contribution in [3.63, 3.8) is 0 Å². The summed E-state index contributed by atoms with van der Waals surface area (Å²) in [7, 11) is 0. The minimum Gasteiger partial charge on any atom is -0.479 e. The highest BCUT2D eigenvalue weighted by Crippen LogP contribution is 2.36. The van der Waals surface area contributed by atoms with Gasteiger partial charge in [0.15, 0.2) is 12.3 Å². The fourth-order valence-corrected chi connectivity index (χ4v) is 2.58. The molecule has 2 atom stereocenters. The van der Waals surface area contributed by atoms with Crippen LogP contribution in [-0.2, 0) is 14.3 Å². The first-order valence-corrected chi connectivity index (χ1v) is 8.28. The highest BCUT2D eigenvalue weighted by molar-refractivity contribution is 5.91. The minimum atomic E-state index is -1.14. The molecule has 2 aliphatic rings. The fraction of sp³-hybridized carbons (Fsp3) is 0.750. The van der Waals surface area contributed by atoms with E-state index in [9.17, 15) is 9.59 Å². The Balaban J connectivity index is 0.000000257. The molecule has 2 rings (SSSR count). The topological polar surface area (TPSA) is 113 Å². The normalized spacial score (nSPS) is 23.7. The van der Waals surface area contributed by atoms with E-state index in [1.165, 1.54) is 49.5 Å². The summed E-state index contributed by atoms with van der Waals surface area (Å²) >= 11 is 0. The van der Waals surface area contributed by atoms with Crippen molar-refractivity contribution in [2.45, 2.75) is 64.1 Å². The lowest BCUT2D eigenvalue weighted by molar-refractivity contribution is -0.163. The second kappa shape index (κ2) is 10.2. The summed E-state index contributed by atoms with van der Waals surface area (Å²) in [6.07, 6.45) is 9.08. The Kier molecular flexibility index (Phi) is 8.65. The molecule has 0 aromatic heterocycles. The summed E-state index contributed by atoms with van der Waals surface area (Å²) in [6, 6.07) is -1.06. The maximum atomic E-state index is 11.1. The van der Waals surface area contributed by atoms with Crippen LogP contribution >= 0.6 is 0 Å². The average molecular weight is 328 g/mol.